The van der Waals surface area contributed by atoms with Gasteiger partial charge in [0, 0.05) is 58.4 Å². The van der Waals surface area contributed by atoms with E-state index in [1.165, 1.54) is 6.26 Å². The molecule has 2 fully saturated rings. The third-order valence-electron chi connectivity index (χ3n) is 5.10. The summed E-state index contributed by atoms with van der Waals surface area (Å²) in [4.78, 5) is 32.9. The maximum Gasteiger partial charge on any atom is 0.320 e. The first-order valence-corrected chi connectivity index (χ1v) is 9.14. The van der Waals surface area contributed by atoms with E-state index in [0.717, 1.165) is 26.2 Å². The zero-order chi connectivity index (χ0) is 18.8. The van der Waals surface area contributed by atoms with Gasteiger partial charge in [0.1, 0.15) is 0 Å². The maximum atomic E-state index is 12.7. The maximum absolute atomic E-state index is 12.7. The van der Waals surface area contributed by atoms with Gasteiger partial charge in [-0.2, -0.15) is 0 Å². The summed E-state index contributed by atoms with van der Waals surface area (Å²) in [5, 5.41) is 3.86. The molecule has 4 rings (SSSR count). The minimum absolute atomic E-state index is 0.0664. The number of piperazine rings is 2. The van der Waals surface area contributed by atoms with Crippen LogP contribution in [0, 0.1) is 0 Å². The van der Waals surface area contributed by atoms with E-state index in [-0.39, 0.29) is 17.6 Å². The van der Waals surface area contributed by atoms with E-state index >= 15 is 0 Å². The number of furan rings is 1. The van der Waals surface area contributed by atoms with Crippen LogP contribution in [0.15, 0.2) is 33.4 Å². The number of hydrogen-bond acceptors (Lipinski definition) is 6. The Bertz CT molecular complexity index is 787. The molecule has 144 valence electrons. The second kappa shape index (κ2) is 7.43. The molecule has 2 aliphatic rings. The van der Waals surface area contributed by atoms with Crippen LogP contribution in [0.3, 0.4) is 0 Å². The van der Waals surface area contributed by atoms with Crippen LogP contribution in [-0.2, 0) is 0 Å². The predicted molar refractivity (Wildman–Crippen MR) is 96.1 cm³/mol. The summed E-state index contributed by atoms with van der Waals surface area (Å²) in [6.07, 6.45) is 1.54. The molecule has 0 atom stereocenters. The zero-order valence-corrected chi connectivity index (χ0v) is 15.3. The van der Waals surface area contributed by atoms with Crippen molar-refractivity contribution in [2.45, 2.75) is 0 Å². The normalized spacial score (nSPS) is 18.8. The number of likely N-dealkylation sites (N-methyl/N-ethyl adjacent to an activating group) is 1. The lowest BCUT2D eigenvalue weighted by molar-refractivity contribution is 0.0610. The van der Waals surface area contributed by atoms with Crippen LogP contribution >= 0.6 is 0 Å². The Morgan fingerprint density at radius 2 is 1.56 bits per heavy atom. The van der Waals surface area contributed by atoms with Gasteiger partial charge in [-0.3, -0.25) is 4.79 Å². The molecule has 0 bridgehead atoms. The fraction of sp³-hybridized carbons (Fsp3) is 0.500. The number of rotatable bonds is 2. The molecular formula is C18H23N5O4. The summed E-state index contributed by atoms with van der Waals surface area (Å²) in [6, 6.07) is 5.15. The summed E-state index contributed by atoms with van der Waals surface area (Å²) >= 11 is 0. The summed E-state index contributed by atoms with van der Waals surface area (Å²) in [5.74, 6) is 0.764. The summed E-state index contributed by atoms with van der Waals surface area (Å²) < 4.78 is 10.5. The smallest absolute Gasteiger partial charge is 0.320 e. The van der Waals surface area contributed by atoms with Crippen molar-refractivity contribution >= 4 is 11.9 Å². The highest BCUT2D eigenvalue weighted by Crippen LogP contribution is 2.21. The van der Waals surface area contributed by atoms with Gasteiger partial charge < -0.3 is 28.5 Å². The van der Waals surface area contributed by atoms with Crippen molar-refractivity contribution in [1.82, 2.24) is 24.8 Å². The Hall–Kier alpha value is -2.81. The topological polar surface area (TPSA) is 86.3 Å². The molecule has 2 aromatic rings. The Labute approximate surface area is 157 Å². The highest BCUT2D eigenvalue weighted by atomic mass is 16.5. The third kappa shape index (κ3) is 3.68. The number of hydrogen-bond donors (Lipinski definition) is 0. The van der Waals surface area contributed by atoms with Crippen LogP contribution in [-0.4, -0.2) is 96.1 Å². The number of carbonyl (C=O) groups excluding carboxylic acids is 2. The fourth-order valence-electron chi connectivity index (χ4n) is 3.37. The quantitative estimate of drug-likeness (QED) is 0.782. The lowest BCUT2D eigenvalue weighted by Crippen LogP contribution is -2.57. The van der Waals surface area contributed by atoms with Crippen molar-refractivity contribution in [1.29, 1.82) is 0 Å². The molecule has 0 aliphatic carbocycles. The summed E-state index contributed by atoms with van der Waals surface area (Å²) in [7, 11) is 2.06. The zero-order valence-electron chi connectivity index (χ0n) is 15.3. The van der Waals surface area contributed by atoms with Crippen LogP contribution in [0.2, 0.25) is 0 Å². The Balaban J connectivity index is 1.32. The van der Waals surface area contributed by atoms with Gasteiger partial charge in [0.2, 0.25) is 5.76 Å². The standard InChI is InChI=1S/C18H23N5O4/c1-20-4-6-22(7-5-20)18(25)23-10-8-21(9-11-23)17(24)14-13-16(27-19-14)15-3-2-12-26-15/h2-3,12-13H,4-11H2,1H3. The van der Waals surface area contributed by atoms with E-state index in [4.69, 9.17) is 8.94 Å². The van der Waals surface area contributed by atoms with E-state index < -0.39 is 0 Å². The lowest BCUT2D eigenvalue weighted by Gasteiger charge is -2.39. The Kier molecular flexibility index (Phi) is 4.85. The first-order chi connectivity index (χ1) is 13.1. The largest absolute Gasteiger partial charge is 0.461 e. The predicted octanol–water partition coefficient (Wildman–Crippen LogP) is 1.06. The van der Waals surface area contributed by atoms with Crippen LogP contribution in [0.1, 0.15) is 10.5 Å². The summed E-state index contributed by atoms with van der Waals surface area (Å²) in [6.45, 7) is 5.33. The lowest BCUT2D eigenvalue weighted by atomic mass is 10.2. The first kappa shape index (κ1) is 17.6. The molecule has 27 heavy (non-hydrogen) atoms. The number of nitrogens with zero attached hydrogens (tertiary/aromatic N) is 5. The molecule has 0 saturated carbocycles. The van der Waals surface area contributed by atoms with Gasteiger partial charge in [-0.1, -0.05) is 5.16 Å². The van der Waals surface area contributed by atoms with Gasteiger partial charge >= 0.3 is 6.03 Å². The molecule has 9 heteroatoms. The molecule has 0 unspecified atom stereocenters. The molecule has 3 amide bonds. The van der Waals surface area contributed by atoms with Crippen molar-refractivity contribution in [3.8, 4) is 11.5 Å². The van der Waals surface area contributed by atoms with Crippen molar-refractivity contribution < 1.29 is 18.5 Å². The molecular weight excluding hydrogens is 350 g/mol. The van der Waals surface area contributed by atoms with E-state index in [1.807, 2.05) is 9.80 Å². The second-order valence-electron chi connectivity index (χ2n) is 6.91. The SMILES string of the molecule is CN1CCN(C(=O)N2CCN(C(=O)c3cc(-c4ccco4)on3)CC2)CC1. The Morgan fingerprint density at radius 3 is 2.19 bits per heavy atom. The molecule has 0 radical (unpaired) electrons. The van der Waals surface area contributed by atoms with Gasteiger partial charge in [-0.05, 0) is 19.2 Å². The second-order valence-corrected chi connectivity index (χ2v) is 6.91. The third-order valence-corrected chi connectivity index (χ3v) is 5.10. The molecule has 0 N–H and O–H groups in total. The molecule has 0 aromatic carbocycles. The monoisotopic (exact) mass is 373 g/mol. The average molecular weight is 373 g/mol. The molecule has 9 nitrogen and oxygen atoms in total. The number of carbonyl (C=O) groups is 2. The molecule has 4 heterocycles. The van der Waals surface area contributed by atoms with Crippen LogP contribution < -0.4 is 0 Å². The fourth-order valence-corrected chi connectivity index (χ4v) is 3.37. The van der Waals surface area contributed by atoms with Crippen LogP contribution in [0.5, 0.6) is 0 Å². The molecule has 2 aliphatic heterocycles. The van der Waals surface area contributed by atoms with Gasteiger partial charge in [0.05, 0.1) is 6.26 Å². The van der Waals surface area contributed by atoms with Crippen molar-refractivity contribution in [2.24, 2.45) is 0 Å². The van der Waals surface area contributed by atoms with E-state index in [1.54, 1.807) is 23.1 Å². The minimum Gasteiger partial charge on any atom is -0.461 e. The Morgan fingerprint density at radius 1 is 0.926 bits per heavy atom. The number of aromatic nitrogens is 1. The van der Waals surface area contributed by atoms with E-state index in [9.17, 15) is 9.59 Å². The van der Waals surface area contributed by atoms with Crippen molar-refractivity contribution in [2.75, 3.05) is 59.4 Å². The minimum atomic E-state index is -0.191. The van der Waals surface area contributed by atoms with Crippen molar-refractivity contribution in [3.63, 3.8) is 0 Å². The van der Waals surface area contributed by atoms with E-state index in [2.05, 4.69) is 17.1 Å². The van der Waals surface area contributed by atoms with Gasteiger partial charge in [-0.15, -0.1) is 0 Å². The summed E-state index contributed by atoms with van der Waals surface area (Å²) in [5.41, 5.74) is 0.250. The first-order valence-electron chi connectivity index (χ1n) is 9.14. The van der Waals surface area contributed by atoms with Gasteiger partial charge in [0.25, 0.3) is 5.91 Å². The highest BCUT2D eigenvalue weighted by molar-refractivity contribution is 5.93. The molecule has 2 saturated heterocycles. The van der Waals surface area contributed by atoms with E-state index in [0.29, 0.717) is 37.7 Å². The van der Waals surface area contributed by atoms with Gasteiger partial charge in [-0.25, -0.2) is 4.79 Å². The average Bonchev–Trinajstić information content (AvgIpc) is 3.39. The van der Waals surface area contributed by atoms with Crippen molar-refractivity contribution in [3.05, 3.63) is 30.2 Å². The number of urea groups is 1. The molecule has 0 spiro atoms. The molecule has 2 aromatic heterocycles. The number of amides is 3. The van der Waals surface area contributed by atoms with Gasteiger partial charge in [0.15, 0.2) is 11.5 Å². The highest BCUT2D eigenvalue weighted by Gasteiger charge is 2.30. The van der Waals surface area contributed by atoms with Crippen LogP contribution in [0.25, 0.3) is 11.5 Å². The van der Waals surface area contributed by atoms with Crippen LogP contribution in [0.4, 0.5) is 4.79 Å².